The van der Waals surface area contributed by atoms with Crippen molar-refractivity contribution in [2.45, 2.75) is 70.9 Å². The molecule has 19 heavy (non-hydrogen) atoms. The lowest BCUT2D eigenvalue weighted by Crippen LogP contribution is -2.55. The molecule has 2 amide bonds. The minimum absolute atomic E-state index is 0.236. The Labute approximate surface area is 115 Å². The molecule has 1 atom stereocenters. The van der Waals surface area contributed by atoms with Gasteiger partial charge in [0.1, 0.15) is 6.04 Å². The topological polar surface area (TPSA) is 69.6 Å². The van der Waals surface area contributed by atoms with Gasteiger partial charge >= 0.3 is 12.0 Å². The Bertz CT molecular complexity index is 327. The van der Waals surface area contributed by atoms with E-state index in [1.165, 1.54) is 4.90 Å². The van der Waals surface area contributed by atoms with Crippen LogP contribution in [0.3, 0.4) is 0 Å². The Kier molecular flexibility index (Phi) is 5.63. The van der Waals surface area contributed by atoms with Crippen LogP contribution in [0.5, 0.6) is 0 Å². The standard InChI is InChI=1S/C14H26N2O3/c1-4-14(3,5-2)15-13(19)16-10-8-6-7-9-11(16)12(17)18/h11H,4-10H2,1-3H3,(H,15,19)(H,17,18). The van der Waals surface area contributed by atoms with Crippen LogP contribution in [0.1, 0.15) is 59.3 Å². The van der Waals surface area contributed by atoms with Crippen molar-refractivity contribution < 1.29 is 14.7 Å². The number of aliphatic carboxylic acids is 1. The number of carboxylic acids is 1. The van der Waals surface area contributed by atoms with Gasteiger partial charge in [-0.05, 0) is 32.6 Å². The lowest BCUT2D eigenvalue weighted by molar-refractivity contribution is -0.142. The molecule has 0 aromatic rings. The van der Waals surface area contributed by atoms with Gasteiger partial charge in [0.2, 0.25) is 0 Å². The van der Waals surface area contributed by atoms with E-state index in [1.54, 1.807) is 0 Å². The summed E-state index contributed by atoms with van der Waals surface area (Å²) in [6.07, 6.45) is 4.97. The average molecular weight is 270 g/mol. The monoisotopic (exact) mass is 270 g/mol. The minimum atomic E-state index is -0.897. The Morgan fingerprint density at radius 1 is 1.26 bits per heavy atom. The number of amides is 2. The molecule has 1 aliphatic rings. The van der Waals surface area contributed by atoms with Crippen molar-refractivity contribution >= 4 is 12.0 Å². The molecule has 0 aromatic carbocycles. The molecule has 5 nitrogen and oxygen atoms in total. The zero-order chi connectivity index (χ0) is 14.5. The van der Waals surface area contributed by atoms with E-state index in [1.807, 2.05) is 20.8 Å². The van der Waals surface area contributed by atoms with Crippen LogP contribution in [0.25, 0.3) is 0 Å². The maximum atomic E-state index is 12.4. The maximum Gasteiger partial charge on any atom is 0.326 e. The fourth-order valence-corrected chi connectivity index (χ4v) is 2.36. The van der Waals surface area contributed by atoms with Crippen molar-refractivity contribution in [1.82, 2.24) is 10.2 Å². The van der Waals surface area contributed by atoms with E-state index >= 15 is 0 Å². The fourth-order valence-electron chi connectivity index (χ4n) is 2.36. The number of nitrogens with zero attached hydrogens (tertiary/aromatic N) is 1. The molecule has 1 fully saturated rings. The van der Waals surface area contributed by atoms with Gasteiger partial charge in [-0.1, -0.05) is 26.7 Å². The van der Waals surface area contributed by atoms with Crippen LogP contribution < -0.4 is 5.32 Å². The van der Waals surface area contributed by atoms with E-state index in [9.17, 15) is 14.7 Å². The first-order valence-electron chi connectivity index (χ1n) is 7.25. The molecule has 0 bridgehead atoms. The van der Waals surface area contributed by atoms with Crippen molar-refractivity contribution in [3.63, 3.8) is 0 Å². The number of urea groups is 1. The minimum Gasteiger partial charge on any atom is -0.480 e. The molecule has 5 heteroatoms. The number of likely N-dealkylation sites (tertiary alicyclic amines) is 1. The van der Waals surface area contributed by atoms with Crippen molar-refractivity contribution in [2.24, 2.45) is 0 Å². The van der Waals surface area contributed by atoms with Crippen molar-refractivity contribution in [2.75, 3.05) is 6.54 Å². The van der Waals surface area contributed by atoms with Crippen LogP contribution in [-0.4, -0.2) is 40.1 Å². The molecule has 2 N–H and O–H groups in total. The molecule has 1 rings (SSSR count). The second-order valence-electron chi connectivity index (χ2n) is 5.59. The summed E-state index contributed by atoms with van der Waals surface area (Å²) in [6.45, 7) is 6.59. The fraction of sp³-hybridized carbons (Fsp3) is 0.857. The average Bonchev–Trinajstić information content (AvgIpc) is 2.64. The highest BCUT2D eigenvalue weighted by Crippen LogP contribution is 2.19. The second-order valence-corrected chi connectivity index (χ2v) is 5.59. The highest BCUT2D eigenvalue weighted by molar-refractivity contribution is 5.83. The van der Waals surface area contributed by atoms with E-state index in [-0.39, 0.29) is 11.6 Å². The Morgan fingerprint density at radius 3 is 2.42 bits per heavy atom. The molecule has 0 saturated carbocycles. The zero-order valence-corrected chi connectivity index (χ0v) is 12.2. The number of carbonyl (C=O) groups is 2. The molecule has 0 spiro atoms. The van der Waals surface area contributed by atoms with Gasteiger partial charge in [0.05, 0.1) is 0 Å². The van der Waals surface area contributed by atoms with Crippen LogP contribution in [0.15, 0.2) is 0 Å². The van der Waals surface area contributed by atoms with E-state index in [0.717, 1.165) is 32.1 Å². The predicted molar refractivity (Wildman–Crippen MR) is 74.1 cm³/mol. The van der Waals surface area contributed by atoms with Crippen molar-refractivity contribution in [1.29, 1.82) is 0 Å². The van der Waals surface area contributed by atoms with Gasteiger partial charge in [-0.2, -0.15) is 0 Å². The number of hydrogen-bond donors (Lipinski definition) is 2. The van der Waals surface area contributed by atoms with Crippen LogP contribution in [-0.2, 0) is 4.79 Å². The summed E-state index contributed by atoms with van der Waals surface area (Å²) >= 11 is 0. The zero-order valence-electron chi connectivity index (χ0n) is 12.2. The first kappa shape index (κ1) is 15.8. The number of nitrogens with one attached hydrogen (secondary N) is 1. The van der Waals surface area contributed by atoms with Gasteiger partial charge in [-0.3, -0.25) is 0 Å². The molecule has 110 valence electrons. The van der Waals surface area contributed by atoms with E-state index in [4.69, 9.17) is 0 Å². The lowest BCUT2D eigenvalue weighted by atomic mass is 9.96. The number of rotatable bonds is 4. The lowest BCUT2D eigenvalue weighted by Gasteiger charge is -2.34. The van der Waals surface area contributed by atoms with E-state index in [0.29, 0.717) is 13.0 Å². The van der Waals surface area contributed by atoms with Gasteiger partial charge in [0.25, 0.3) is 0 Å². The molecule has 1 unspecified atom stereocenters. The highest BCUT2D eigenvalue weighted by Gasteiger charge is 2.33. The molecular weight excluding hydrogens is 244 g/mol. The van der Waals surface area contributed by atoms with Crippen LogP contribution in [0.2, 0.25) is 0 Å². The number of hydrogen-bond acceptors (Lipinski definition) is 2. The predicted octanol–water partition coefficient (Wildman–Crippen LogP) is 2.60. The van der Waals surface area contributed by atoms with Gasteiger partial charge in [0.15, 0.2) is 0 Å². The van der Waals surface area contributed by atoms with Crippen molar-refractivity contribution in [3.05, 3.63) is 0 Å². The summed E-state index contributed by atoms with van der Waals surface area (Å²) in [4.78, 5) is 25.2. The normalized spacial score (nSPS) is 20.8. The third kappa shape index (κ3) is 4.11. The van der Waals surface area contributed by atoms with Gasteiger partial charge in [0, 0.05) is 12.1 Å². The molecule has 1 saturated heterocycles. The molecule has 0 aliphatic carbocycles. The summed E-state index contributed by atoms with van der Waals surface area (Å²) in [5.74, 6) is -0.897. The van der Waals surface area contributed by atoms with Crippen LogP contribution in [0, 0.1) is 0 Å². The first-order chi connectivity index (χ1) is 8.93. The SMILES string of the molecule is CCC(C)(CC)NC(=O)N1CCCCCC1C(=O)O. The molecule has 1 aliphatic heterocycles. The first-order valence-corrected chi connectivity index (χ1v) is 7.25. The maximum absolute atomic E-state index is 12.4. The van der Waals surface area contributed by atoms with Crippen LogP contribution >= 0.6 is 0 Å². The Hall–Kier alpha value is -1.26. The molecule has 0 radical (unpaired) electrons. The smallest absolute Gasteiger partial charge is 0.326 e. The molecule has 0 aromatic heterocycles. The Morgan fingerprint density at radius 2 is 1.89 bits per heavy atom. The Balaban J connectivity index is 2.78. The van der Waals surface area contributed by atoms with Gasteiger partial charge in [-0.15, -0.1) is 0 Å². The van der Waals surface area contributed by atoms with E-state index < -0.39 is 12.0 Å². The molecular formula is C14H26N2O3. The third-order valence-electron chi connectivity index (χ3n) is 4.27. The van der Waals surface area contributed by atoms with Crippen molar-refractivity contribution in [3.8, 4) is 0 Å². The highest BCUT2D eigenvalue weighted by atomic mass is 16.4. The summed E-state index contributed by atoms with van der Waals surface area (Å²) in [6, 6.07) is -0.916. The summed E-state index contributed by atoms with van der Waals surface area (Å²) in [5.41, 5.74) is -0.257. The van der Waals surface area contributed by atoms with Crippen LogP contribution in [0.4, 0.5) is 4.79 Å². The number of carbonyl (C=O) groups excluding carboxylic acids is 1. The summed E-state index contributed by atoms with van der Waals surface area (Å²) < 4.78 is 0. The quantitative estimate of drug-likeness (QED) is 0.825. The second kappa shape index (κ2) is 6.78. The van der Waals surface area contributed by atoms with E-state index in [2.05, 4.69) is 5.32 Å². The van der Waals surface area contributed by atoms with Gasteiger partial charge < -0.3 is 15.3 Å². The number of carboxylic acid groups (broad SMARTS) is 1. The summed E-state index contributed by atoms with van der Waals surface area (Å²) in [5, 5.41) is 12.3. The van der Waals surface area contributed by atoms with Gasteiger partial charge in [-0.25, -0.2) is 9.59 Å². The third-order valence-corrected chi connectivity index (χ3v) is 4.27. The largest absolute Gasteiger partial charge is 0.480 e. The summed E-state index contributed by atoms with van der Waals surface area (Å²) in [7, 11) is 0. The molecule has 1 heterocycles.